The smallest absolute Gasteiger partial charge is 0.281 e. The van der Waals surface area contributed by atoms with Crippen LogP contribution in [0.25, 0.3) is 0 Å². The molecule has 2 heterocycles. The Morgan fingerprint density at radius 3 is 2.81 bits per heavy atom. The fourth-order valence-corrected chi connectivity index (χ4v) is 3.35. The van der Waals surface area contributed by atoms with Gasteiger partial charge in [0.2, 0.25) is 0 Å². The molecule has 0 atom stereocenters. The highest BCUT2D eigenvalue weighted by atomic mass is 32.2. The van der Waals surface area contributed by atoms with E-state index in [-0.39, 0.29) is 10.7 Å². The minimum Gasteiger partial charge on any atom is -0.281 e. The fraction of sp³-hybridized carbons (Fsp3) is 0.0714. The van der Waals surface area contributed by atoms with E-state index in [0.717, 1.165) is 0 Å². The summed E-state index contributed by atoms with van der Waals surface area (Å²) in [5.74, 6) is 0.580. The van der Waals surface area contributed by atoms with E-state index in [4.69, 9.17) is 5.26 Å². The molecular weight excluding hydrogens is 288 g/mol. The van der Waals surface area contributed by atoms with Crippen LogP contribution >= 0.6 is 0 Å². The van der Waals surface area contributed by atoms with E-state index in [1.807, 2.05) is 0 Å². The number of amidine groups is 1. The fourth-order valence-electron chi connectivity index (χ4n) is 2.19. The van der Waals surface area contributed by atoms with Crippen molar-refractivity contribution in [2.24, 2.45) is 4.40 Å². The molecule has 0 aliphatic carbocycles. The van der Waals surface area contributed by atoms with Crippen molar-refractivity contribution in [2.75, 3.05) is 4.90 Å². The molecule has 0 N–H and O–H groups in total. The second-order valence-electron chi connectivity index (χ2n) is 4.44. The van der Waals surface area contributed by atoms with Crippen molar-refractivity contribution in [3.63, 3.8) is 0 Å². The molecule has 104 valence electrons. The van der Waals surface area contributed by atoms with E-state index in [9.17, 15) is 8.42 Å². The summed E-state index contributed by atoms with van der Waals surface area (Å²) in [5.41, 5.74) is 1.12. The van der Waals surface area contributed by atoms with Gasteiger partial charge in [-0.25, -0.2) is 4.98 Å². The first-order chi connectivity index (χ1) is 10.0. The van der Waals surface area contributed by atoms with Crippen LogP contribution in [0.5, 0.6) is 0 Å². The number of benzene rings is 1. The number of rotatable bonds is 1. The molecule has 1 aromatic carbocycles. The third-order valence-corrected chi connectivity index (χ3v) is 4.43. The average Bonchev–Trinajstić information content (AvgIpc) is 2.47. The molecule has 7 heteroatoms. The van der Waals surface area contributed by atoms with Gasteiger partial charge in [0.1, 0.15) is 10.7 Å². The lowest BCUT2D eigenvalue weighted by Crippen LogP contribution is -2.30. The molecular formula is C14H10N4O2S. The molecule has 1 aliphatic rings. The molecule has 6 nitrogen and oxygen atoms in total. The monoisotopic (exact) mass is 298 g/mol. The predicted octanol–water partition coefficient (Wildman–Crippen LogP) is 2.21. The highest BCUT2D eigenvalue weighted by molar-refractivity contribution is 7.90. The van der Waals surface area contributed by atoms with Gasteiger partial charge in [0.15, 0.2) is 5.82 Å². The third-order valence-electron chi connectivity index (χ3n) is 3.05. The van der Waals surface area contributed by atoms with Gasteiger partial charge in [0.25, 0.3) is 10.0 Å². The van der Waals surface area contributed by atoms with Crippen molar-refractivity contribution in [3.8, 4) is 6.07 Å². The number of nitrogens with zero attached hydrogens (tertiary/aromatic N) is 4. The van der Waals surface area contributed by atoms with Crippen molar-refractivity contribution >= 4 is 27.4 Å². The van der Waals surface area contributed by atoms with E-state index in [0.29, 0.717) is 17.1 Å². The van der Waals surface area contributed by atoms with Gasteiger partial charge in [-0.1, -0.05) is 6.07 Å². The van der Waals surface area contributed by atoms with Crippen molar-refractivity contribution in [3.05, 3.63) is 48.2 Å². The molecule has 1 aromatic heterocycles. The van der Waals surface area contributed by atoms with Crippen LogP contribution in [0.1, 0.15) is 12.5 Å². The van der Waals surface area contributed by atoms with Gasteiger partial charge < -0.3 is 0 Å². The topological polar surface area (TPSA) is 86.4 Å². The molecule has 0 unspecified atom stereocenters. The lowest BCUT2D eigenvalue weighted by atomic mass is 10.2. The summed E-state index contributed by atoms with van der Waals surface area (Å²) >= 11 is 0. The summed E-state index contributed by atoms with van der Waals surface area (Å²) in [4.78, 5) is 5.84. The molecule has 0 fully saturated rings. The van der Waals surface area contributed by atoms with Gasteiger partial charge in [0, 0.05) is 6.20 Å². The quantitative estimate of drug-likeness (QED) is 0.805. The minimum absolute atomic E-state index is 0.0537. The molecule has 2 aromatic rings. The molecule has 0 saturated heterocycles. The Bertz CT molecular complexity index is 897. The molecule has 0 bridgehead atoms. The molecule has 0 amide bonds. The largest absolute Gasteiger partial charge is 0.287 e. The van der Waals surface area contributed by atoms with Gasteiger partial charge >= 0.3 is 0 Å². The Morgan fingerprint density at radius 2 is 2.05 bits per heavy atom. The maximum absolute atomic E-state index is 12.1. The van der Waals surface area contributed by atoms with Crippen LogP contribution in [-0.2, 0) is 10.0 Å². The first-order valence-corrected chi connectivity index (χ1v) is 7.54. The summed E-state index contributed by atoms with van der Waals surface area (Å²) in [6.07, 6.45) is 1.52. The van der Waals surface area contributed by atoms with E-state index in [2.05, 4.69) is 15.5 Å². The van der Waals surface area contributed by atoms with Crippen LogP contribution in [0.3, 0.4) is 0 Å². The van der Waals surface area contributed by atoms with Gasteiger partial charge in [-0.3, -0.25) is 4.90 Å². The number of sulfonamides is 1. The zero-order valence-electron chi connectivity index (χ0n) is 11.1. The number of pyridine rings is 1. The number of fused-ring (bicyclic) bond motifs is 1. The number of hydrogen-bond acceptors (Lipinski definition) is 5. The van der Waals surface area contributed by atoms with Crippen LogP contribution in [0.15, 0.2) is 51.9 Å². The molecule has 0 radical (unpaired) electrons. The van der Waals surface area contributed by atoms with E-state index in [1.165, 1.54) is 12.3 Å². The zero-order chi connectivity index (χ0) is 15.0. The lowest BCUT2D eigenvalue weighted by Gasteiger charge is -2.27. The predicted molar refractivity (Wildman–Crippen MR) is 77.8 cm³/mol. The number of aromatic nitrogens is 1. The third kappa shape index (κ3) is 2.15. The average molecular weight is 298 g/mol. The first kappa shape index (κ1) is 13.3. The number of nitriles is 1. The Morgan fingerprint density at radius 1 is 1.24 bits per heavy atom. The van der Waals surface area contributed by atoms with Crippen LogP contribution in [0.4, 0.5) is 11.5 Å². The Labute approximate surface area is 122 Å². The standard InChI is InChI=1S/C14H10N4O2S/c1-10-17-21(19,20)13-6-3-7-16-14(13)18(10)12-5-2-4-11(8-12)9-15/h2-8H,1H3. The first-order valence-electron chi connectivity index (χ1n) is 6.10. The van der Waals surface area contributed by atoms with Crippen LogP contribution in [0.2, 0.25) is 0 Å². The Hall–Kier alpha value is -2.72. The van der Waals surface area contributed by atoms with Gasteiger partial charge in [-0.05, 0) is 37.3 Å². The van der Waals surface area contributed by atoms with Gasteiger partial charge in [-0.15, -0.1) is 4.40 Å². The van der Waals surface area contributed by atoms with Crippen LogP contribution in [0, 0.1) is 11.3 Å². The van der Waals surface area contributed by atoms with Gasteiger partial charge in [-0.2, -0.15) is 13.7 Å². The molecule has 0 spiro atoms. The second kappa shape index (κ2) is 4.68. The highest BCUT2D eigenvalue weighted by Gasteiger charge is 2.30. The summed E-state index contributed by atoms with van der Waals surface area (Å²) in [6.45, 7) is 1.59. The van der Waals surface area contributed by atoms with E-state index < -0.39 is 10.0 Å². The van der Waals surface area contributed by atoms with Crippen molar-refractivity contribution in [1.82, 2.24) is 4.98 Å². The Kier molecular flexibility index (Phi) is 2.96. The van der Waals surface area contributed by atoms with Crippen molar-refractivity contribution < 1.29 is 8.42 Å². The molecule has 0 saturated carbocycles. The summed E-state index contributed by atoms with van der Waals surface area (Å²) in [6, 6.07) is 11.9. The van der Waals surface area contributed by atoms with Crippen LogP contribution < -0.4 is 4.90 Å². The number of anilines is 2. The zero-order valence-corrected chi connectivity index (χ0v) is 11.9. The normalized spacial score (nSPS) is 15.8. The molecule has 21 heavy (non-hydrogen) atoms. The lowest BCUT2D eigenvalue weighted by molar-refractivity contribution is 0.597. The highest BCUT2D eigenvalue weighted by Crippen LogP contribution is 2.34. The summed E-state index contributed by atoms with van der Waals surface area (Å²) in [7, 11) is -3.73. The van der Waals surface area contributed by atoms with Crippen molar-refractivity contribution in [2.45, 2.75) is 11.8 Å². The molecule has 3 rings (SSSR count). The SMILES string of the molecule is CC1=NS(=O)(=O)c2cccnc2N1c1cccc(C#N)c1. The van der Waals surface area contributed by atoms with Crippen LogP contribution in [-0.4, -0.2) is 19.2 Å². The second-order valence-corrected chi connectivity index (χ2v) is 6.01. The molecule has 1 aliphatic heterocycles. The minimum atomic E-state index is -3.73. The van der Waals surface area contributed by atoms with E-state index >= 15 is 0 Å². The number of hydrogen-bond donors (Lipinski definition) is 0. The summed E-state index contributed by atoms with van der Waals surface area (Å²) < 4.78 is 27.9. The maximum atomic E-state index is 12.1. The Balaban J connectivity index is 2.26. The van der Waals surface area contributed by atoms with E-state index in [1.54, 1.807) is 42.2 Å². The van der Waals surface area contributed by atoms with Gasteiger partial charge in [0.05, 0.1) is 17.3 Å². The maximum Gasteiger partial charge on any atom is 0.287 e. The summed E-state index contributed by atoms with van der Waals surface area (Å²) in [5, 5.41) is 8.99. The van der Waals surface area contributed by atoms with Crippen molar-refractivity contribution in [1.29, 1.82) is 5.26 Å².